The molecule has 15 heavy (non-hydrogen) atoms. The molecular formula is C10H14N4S. The van der Waals surface area contributed by atoms with Crippen molar-refractivity contribution in [3.63, 3.8) is 0 Å². The molecule has 0 saturated carbocycles. The first kappa shape index (κ1) is 10.3. The second kappa shape index (κ2) is 4.12. The number of nitrogens with two attached hydrogens (primary N) is 1. The Balaban J connectivity index is 2.25. The van der Waals surface area contributed by atoms with E-state index in [1.807, 2.05) is 31.4 Å². The number of thiophene rings is 1. The molecule has 2 aromatic heterocycles. The molecule has 0 amide bonds. The van der Waals surface area contributed by atoms with E-state index in [9.17, 15) is 0 Å². The van der Waals surface area contributed by atoms with Crippen molar-refractivity contribution in [2.24, 2.45) is 5.73 Å². The first-order valence-corrected chi connectivity index (χ1v) is 5.78. The van der Waals surface area contributed by atoms with Gasteiger partial charge < -0.3 is 5.73 Å². The number of nitrogens with zero attached hydrogens (tertiary/aromatic N) is 2. The first-order chi connectivity index (χ1) is 7.18. The summed E-state index contributed by atoms with van der Waals surface area (Å²) >= 11 is 1.63. The van der Waals surface area contributed by atoms with Gasteiger partial charge in [0.15, 0.2) is 5.82 Å². The van der Waals surface area contributed by atoms with Crippen LogP contribution in [0.15, 0.2) is 17.5 Å². The fourth-order valence-electron chi connectivity index (χ4n) is 1.24. The number of hydrogen-bond donors (Lipinski definition) is 2. The van der Waals surface area contributed by atoms with Gasteiger partial charge in [0.05, 0.1) is 4.88 Å². The van der Waals surface area contributed by atoms with Crippen LogP contribution in [0.3, 0.4) is 0 Å². The van der Waals surface area contributed by atoms with Gasteiger partial charge in [-0.25, -0.2) is 4.98 Å². The molecular weight excluding hydrogens is 208 g/mol. The monoisotopic (exact) mass is 222 g/mol. The Morgan fingerprint density at radius 3 is 2.87 bits per heavy atom. The molecule has 0 aromatic carbocycles. The van der Waals surface area contributed by atoms with Crippen LogP contribution in [0.5, 0.6) is 0 Å². The van der Waals surface area contributed by atoms with E-state index in [0.717, 1.165) is 16.5 Å². The number of hydrogen-bond acceptors (Lipinski definition) is 4. The van der Waals surface area contributed by atoms with E-state index in [0.29, 0.717) is 0 Å². The minimum absolute atomic E-state index is 0.0779. The van der Waals surface area contributed by atoms with E-state index in [1.165, 1.54) is 0 Å². The van der Waals surface area contributed by atoms with E-state index in [-0.39, 0.29) is 12.0 Å². The summed E-state index contributed by atoms with van der Waals surface area (Å²) in [6.45, 7) is 4.02. The molecule has 0 saturated heterocycles. The smallest absolute Gasteiger partial charge is 0.191 e. The molecule has 80 valence electrons. The van der Waals surface area contributed by atoms with Crippen molar-refractivity contribution in [2.45, 2.75) is 25.8 Å². The Morgan fingerprint density at radius 2 is 2.27 bits per heavy atom. The number of aromatic nitrogens is 3. The molecule has 0 spiro atoms. The van der Waals surface area contributed by atoms with Gasteiger partial charge in [-0.15, -0.1) is 11.3 Å². The summed E-state index contributed by atoms with van der Waals surface area (Å²) in [6.07, 6.45) is 0. The van der Waals surface area contributed by atoms with Gasteiger partial charge in [0.2, 0.25) is 0 Å². The Kier molecular flexibility index (Phi) is 2.83. The lowest BCUT2D eigenvalue weighted by molar-refractivity contribution is 0.583. The quantitative estimate of drug-likeness (QED) is 0.834. The SMILES string of the molecule is CC(N)C(C)c1nc(-c2cccs2)n[nH]1. The molecule has 2 unspecified atom stereocenters. The average molecular weight is 222 g/mol. The third kappa shape index (κ3) is 2.08. The summed E-state index contributed by atoms with van der Waals surface area (Å²) in [5, 5.41) is 9.14. The largest absolute Gasteiger partial charge is 0.327 e. The third-order valence-electron chi connectivity index (χ3n) is 2.46. The lowest BCUT2D eigenvalue weighted by Gasteiger charge is -2.10. The maximum absolute atomic E-state index is 5.81. The van der Waals surface area contributed by atoms with Crippen LogP contribution in [-0.2, 0) is 0 Å². The maximum atomic E-state index is 5.81. The van der Waals surface area contributed by atoms with Crippen LogP contribution in [0.4, 0.5) is 0 Å². The van der Waals surface area contributed by atoms with Crippen LogP contribution in [0, 0.1) is 0 Å². The number of nitrogens with one attached hydrogen (secondary N) is 1. The summed E-state index contributed by atoms with van der Waals surface area (Å²) in [5.41, 5.74) is 5.81. The Hall–Kier alpha value is -1.20. The molecule has 3 N–H and O–H groups in total. The normalized spacial score (nSPS) is 15.1. The molecule has 0 radical (unpaired) electrons. The van der Waals surface area contributed by atoms with E-state index in [1.54, 1.807) is 11.3 Å². The van der Waals surface area contributed by atoms with E-state index in [4.69, 9.17) is 5.73 Å². The van der Waals surface area contributed by atoms with E-state index >= 15 is 0 Å². The fourth-order valence-corrected chi connectivity index (χ4v) is 1.90. The van der Waals surface area contributed by atoms with Crippen molar-refractivity contribution in [1.29, 1.82) is 0 Å². The highest BCUT2D eigenvalue weighted by atomic mass is 32.1. The van der Waals surface area contributed by atoms with E-state index < -0.39 is 0 Å². The minimum atomic E-state index is 0.0779. The van der Waals surface area contributed by atoms with E-state index in [2.05, 4.69) is 15.2 Å². The first-order valence-electron chi connectivity index (χ1n) is 4.90. The topological polar surface area (TPSA) is 67.6 Å². The fraction of sp³-hybridized carbons (Fsp3) is 0.400. The Morgan fingerprint density at radius 1 is 1.47 bits per heavy atom. The van der Waals surface area contributed by atoms with Gasteiger partial charge in [0.1, 0.15) is 5.82 Å². The molecule has 0 aliphatic rings. The molecule has 2 heterocycles. The highest BCUT2D eigenvalue weighted by molar-refractivity contribution is 7.13. The molecule has 2 rings (SSSR count). The summed E-state index contributed by atoms with van der Waals surface area (Å²) < 4.78 is 0. The molecule has 4 nitrogen and oxygen atoms in total. The summed E-state index contributed by atoms with van der Waals surface area (Å²) in [6, 6.07) is 4.08. The minimum Gasteiger partial charge on any atom is -0.327 e. The van der Waals surface area contributed by atoms with Crippen LogP contribution in [0.1, 0.15) is 25.6 Å². The second-order valence-electron chi connectivity index (χ2n) is 3.67. The number of rotatable bonds is 3. The standard InChI is InChI=1S/C10H14N4S/c1-6(7(2)11)9-12-10(14-13-9)8-4-3-5-15-8/h3-7H,11H2,1-2H3,(H,12,13,14). The van der Waals surface area contributed by atoms with Crippen LogP contribution < -0.4 is 5.73 Å². The molecule has 0 aliphatic carbocycles. The van der Waals surface area contributed by atoms with Crippen molar-refractivity contribution < 1.29 is 0 Å². The van der Waals surface area contributed by atoms with Crippen LogP contribution in [0.2, 0.25) is 0 Å². The molecule has 0 bridgehead atoms. The molecule has 0 fully saturated rings. The van der Waals surface area contributed by atoms with Gasteiger partial charge in [-0.1, -0.05) is 13.0 Å². The lowest BCUT2D eigenvalue weighted by atomic mass is 10.0. The van der Waals surface area contributed by atoms with Crippen molar-refractivity contribution in [2.75, 3.05) is 0 Å². The highest BCUT2D eigenvalue weighted by Crippen LogP contribution is 2.22. The maximum Gasteiger partial charge on any atom is 0.191 e. The van der Waals surface area contributed by atoms with Crippen molar-refractivity contribution in [1.82, 2.24) is 15.2 Å². The number of H-pyrrole nitrogens is 1. The van der Waals surface area contributed by atoms with Crippen LogP contribution >= 0.6 is 11.3 Å². The predicted octanol–water partition coefficient (Wildman–Crippen LogP) is 1.98. The summed E-state index contributed by atoms with van der Waals surface area (Å²) in [5.74, 6) is 1.81. The van der Waals surface area contributed by atoms with Crippen molar-refractivity contribution in [3.8, 4) is 10.7 Å². The second-order valence-corrected chi connectivity index (χ2v) is 4.62. The van der Waals surface area contributed by atoms with Crippen molar-refractivity contribution in [3.05, 3.63) is 23.3 Å². The van der Waals surface area contributed by atoms with Crippen LogP contribution in [-0.4, -0.2) is 21.2 Å². The summed E-state index contributed by atoms with van der Waals surface area (Å²) in [7, 11) is 0. The van der Waals surface area contributed by atoms with Gasteiger partial charge in [0.25, 0.3) is 0 Å². The van der Waals surface area contributed by atoms with Gasteiger partial charge in [-0.2, -0.15) is 5.10 Å². The van der Waals surface area contributed by atoms with Gasteiger partial charge >= 0.3 is 0 Å². The zero-order valence-corrected chi connectivity index (χ0v) is 9.58. The molecule has 0 aliphatic heterocycles. The van der Waals surface area contributed by atoms with Gasteiger partial charge in [-0.05, 0) is 18.4 Å². The summed E-state index contributed by atoms with van der Waals surface area (Å²) in [4.78, 5) is 5.52. The third-order valence-corrected chi connectivity index (χ3v) is 3.33. The van der Waals surface area contributed by atoms with Gasteiger partial charge in [0, 0.05) is 12.0 Å². The average Bonchev–Trinajstić information content (AvgIpc) is 2.86. The Labute approximate surface area is 92.5 Å². The molecule has 2 aromatic rings. The zero-order valence-electron chi connectivity index (χ0n) is 8.77. The Bertz CT molecular complexity index is 418. The zero-order chi connectivity index (χ0) is 10.8. The predicted molar refractivity (Wildman–Crippen MR) is 61.8 cm³/mol. The lowest BCUT2D eigenvalue weighted by Crippen LogP contribution is -2.23. The molecule has 5 heteroatoms. The number of aromatic amines is 1. The van der Waals surface area contributed by atoms with Gasteiger partial charge in [-0.3, -0.25) is 5.10 Å². The van der Waals surface area contributed by atoms with Crippen LogP contribution in [0.25, 0.3) is 10.7 Å². The highest BCUT2D eigenvalue weighted by Gasteiger charge is 2.15. The van der Waals surface area contributed by atoms with Crippen molar-refractivity contribution >= 4 is 11.3 Å². The molecule has 2 atom stereocenters.